The summed E-state index contributed by atoms with van der Waals surface area (Å²) in [5, 5.41) is 3.48. The fourth-order valence-corrected chi connectivity index (χ4v) is 1.79. The predicted molar refractivity (Wildman–Crippen MR) is 87.2 cm³/mol. The first-order chi connectivity index (χ1) is 10.2. The Morgan fingerprint density at radius 2 is 1.67 bits per heavy atom. The molecule has 0 atom stereocenters. The first-order valence-corrected chi connectivity index (χ1v) is 6.66. The van der Waals surface area contributed by atoms with Crippen molar-refractivity contribution in [2.75, 3.05) is 17.9 Å². The van der Waals surface area contributed by atoms with Crippen molar-refractivity contribution in [1.82, 2.24) is 5.43 Å². The van der Waals surface area contributed by atoms with Crippen molar-refractivity contribution >= 4 is 34.7 Å². The van der Waals surface area contributed by atoms with Crippen LogP contribution in [0.4, 0.5) is 11.4 Å². The lowest BCUT2D eigenvalue weighted by molar-refractivity contribution is 0.0601. The van der Waals surface area contributed by atoms with Gasteiger partial charge in [-0.15, -0.1) is 0 Å². The van der Waals surface area contributed by atoms with Crippen molar-refractivity contribution in [3.05, 3.63) is 60.2 Å². The first kappa shape index (κ1) is 14.8. The second kappa shape index (κ2) is 7.25. The molecule has 2 aromatic carbocycles. The zero-order valence-corrected chi connectivity index (χ0v) is 12.2. The zero-order valence-electron chi connectivity index (χ0n) is 11.4. The van der Waals surface area contributed by atoms with Crippen LogP contribution in [0.3, 0.4) is 0 Å². The molecule has 0 saturated carbocycles. The number of nitrogens with one attached hydrogen (secondary N) is 3. The van der Waals surface area contributed by atoms with E-state index in [4.69, 9.17) is 12.2 Å². The Morgan fingerprint density at radius 3 is 2.29 bits per heavy atom. The number of carbonyl (C=O) groups excluding carboxylic acids is 1. The van der Waals surface area contributed by atoms with Gasteiger partial charge in [0.05, 0.1) is 18.4 Å². The zero-order chi connectivity index (χ0) is 15.1. The molecular formula is C15H15N3O2S. The Kier molecular flexibility index (Phi) is 5.11. The Balaban J connectivity index is 1.85. The van der Waals surface area contributed by atoms with E-state index in [1.54, 1.807) is 24.3 Å². The number of rotatable bonds is 4. The van der Waals surface area contributed by atoms with E-state index in [0.717, 1.165) is 11.4 Å². The Morgan fingerprint density at radius 1 is 1.00 bits per heavy atom. The van der Waals surface area contributed by atoms with Gasteiger partial charge >= 0.3 is 5.97 Å². The van der Waals surface area contributed by atoms with Gasteiger partial charge < -0.3 is 10.1 Å². The molecule has 0 fully saturated rings. The van der Waals surface area contributed by atoms with E-state index in [1.807, 2.05) is 30.3 Å². The van der Waals surface area contributed by atoms with Crippen molar-refractivity contribution in [2.24, 2.45) is 0 Å². The fourth-order valence-electron chi connectivity index (χ4n) is 1.62. The molecule has 0 bridgehead atoms. The summed E-state index contributed by atoms with van der Waals surface area (Å²) in [5.41, 5.74) is 7.98. The SMILES string of the molecule is COC(=O)c1ccc(NNC(=S)Nc2ccccc2)cc1. The predicted octanol–water partition coefficient (Wildman–Crippen LogP) is 2.79. The number of esters is 1. The topological polar surface area (TPSA) is 62.4 Å². The van der Waals surface area contributed by atoms with Crippen molar-refractivity contribution in [3.8, 4) is 0 Å². The maximum atomic E-state index is 11.3. The van der Waals surface area contributed by atoms with Gasteiger partial charge in [-0.25, -0.2) is 4.79 Å². The minimum Gasteiger partial charge on any atom is -0.465 e. The van der Waals surface area contributed by atoms with Gasteiger partial charge in [0, 0.05) is 5.69 Å². The maximum Gasteiger partial charge on any atom is 0.337 e. The number of ether oxygens (including phenoxy) is 1. The van der Waals surface area contributed by atoms with Crippen molar-refractivity contribution in [2.45, 2.75) is 0 Å². The van der Waals surface area contributed by atoms with Crippen molar-refractivity contribution in [3.63, 3.8) is 0 Å². The summed E-state index contributed by atoms with van der Waals surface area (Å²) in [7, 11) is 1.35. The van der Waals surface area contributed by atoms with Gasteiger partial charge in [0.25, 0.3) is 0 Å². The minimum absolute atomic E-state index is 0.365. The monoisotopic (exact) mass is 301 g/mol. The van der Waals surface area contributed by atoms with Crippen LogP contribution in [0.1, 0.15) is 10.4 Å². The van der Waals surface area contributed by atoms with E-state index in [9.17, 15) is 4.79 Å². The second-order valence-corrected chi connectivity index (χ2v) is 4.55. The van der Waals surface area contributed by atoms with E-state index < -0.39 is 0 Å². The summed E-state index contributed by atoms with van der Waals surface area (Å²) >= 11 is 5.16. The summed E-state index contributed by atoms with van der Waals surface area (Å²) in [6, 6.07) is 16.5. The molecule has 0 amide bonds. The third-order valence-electron chi connectivity index (χ3n) is 2.66. The van der Waals surface area contributed by atoms with Crippen LogP contribution in [0, 0.1) is 0 Å². The number of hydrazine groups is 1. The lowest BCUT2D eigenvalue weighted by atomic mass is 10.2. The molecule has 0 saturated heterocycles. The van der Waals surface area contributed by atoms with Gasteiger partial charge in [-0.3, -0.25) is 10.9 Å². The highest BCUT2D eigenvalue weighted by atomic mass is 32.1. The largest absolute Gasteiger partial charge is 0.465 e. The summed E-state index contributed by atoms with van der Waals surface area (Å²) in [6.07, 6.45) is 0. The number of methoxy groups -OCH3 is 1. The lowest BCUT2D eigenvalue weighted by Crippen LogP contribution is -2.33. The molecule has 3 N–H and O–H groups in total. The van der Waals surface area contributed by atoms with Gasteiger partial charge in [0.2, 0.25) is 0 Å². The molecule has 0 aliphatic rings. The number of para-hydroxylation sites is 1. The van der Waals surface area contributed by atoms with Crippen LogP contribution in [-0.2, 0) is 4.74 Å². The standard InChI is InChI=1S/C15H15N3O2S/c1-20-14(19)11-7-9-13(10-8-11)17-18-15(21)16-12-5-3-2-4-6-12/h2-10,17H,1H3,(H2,16,18,21). The fraction of sp³-hybridized carbons (Fsp3) is 0.0667. The number of benzene rings is 2. The highest BCUT2D eigenvalue weighted by Crippen LogP contribution is 2.09. The summed E-state index contributed by atoms with van der Waals surface area (Å²) in [4.78, 5) is 11.3. The molecule has 0 spiro atoms. The van der Waals surface area contributed by atoms with Crippen molar-refractivity contribution < 1.29 is 9.53 Å². The molecule has 0 aliphatic carbocycles. The molecule has 0 aliphatic heterocycles. The van der Waals surface area contributed by atoms with Crippen LogP contribution in [0.2, 0.25) is 0 Å². The van der Waals surface area contributed by atoms with Gasteiger partial charge in [-0.2, -0.15) is 0 Å². The molecule has 0 aromatic heterocycles. The van der Waals surface area contributed by atoms with E-state index in [-0.39, 0.29) is 5.97 Å². The third kappa shape index (κ3) is 4.47. The summed E-state index contributed by atoms with van der Waals surface area (Å²) in [6.45, 7) is 0. The average Bonchev–Trinajstić information content (AvgIpc) is 2.53. The van der Waals surface area contributed by atoms with E-state index in [1.165, 1.54) is 7.11 Å². The molecule has 2 aromatic rings. The smallest absolute Gasteiger partial charge is 0.337 e. The number of anilines is 2. The Bertz CT molecular complexity index is 615. The Hall–Kier alpha value is -2.60. The molecule has 6 heteroatoms. The number of thiocarbonyl (C=S) groups is 1. The van der Waals surface area contributed by atoms with E-state index in [2.05, 4.69) is 20.9 Å². The van der Waals surface area contributed by atoms with Gasteiger partial charge in [0.15, 0.2) is 5.11 Å². The van der Waals surface area contributed by atoms with Crippen molar-refractivity contribution in [1.29, 1.82) is 0 Å². The number of carbonyl (C=O) groups is 1. The Labute approximate surface area is 128 Å². The van der Waals surface area contributed by atoms with Crippen LogP contribution >= 0.6 is 12.2 Å². The maximum absolute atomic E-state index is 11.3. The van der Waals surface area contributed by atoms with Gasteiger partial charge in [-0.05, 0) is 48.6 Å². The number of hydrogen-bond donors (Lipinski definition) is 3. The molecule has 21 heavy (non-hydrogen) atoms. The molecule has 2 rings (SSSR count). The lowest BCUT2D eigenvalue weighted by Gasteiger charge is -2.12. The van der Waals surface area contributed by atoms with E-state index >= 15 is 0 Å². The second-order valence-electron chi connectivity index (χ2n) is 4.14. The van der Waals surface area contributed by atoms with Gasteiger partial charge in [0.1, 0.15) is 0 Å². The molecule has 5 nitrogen and oxygen atoms in total. The molecule has 0 radical (unpaired) electrons. The summed E-state index contributed by atoms with van der Waals surface area (Å²) in [5.74, 6) is -0.365. The quantitative estimate of drug-likeness (QED) is 0.458. The van der Waals surface area contributed by atoms with Crippen LogP contribution in [-0.4, -0.2) is 18.2 Å². The van der Waals surface area contributed by atoms with Crippen LogP contribution in [0.25, 0.3) is 0 Å². The third-order valence-corrected chi connectivity index (χ3v) is 2.86. The first-order valence-electron chi connectivity index (χ1n) is 6.25. The minimum atomic E-state index is -0.365. The summed E-state index contributed by atoms with van der Waals surface area (Å²) < 4.78 is 4.63. The average molecular weight is 301 g/mol. The van der Waals surface area contributed by atoms with Crippen LogP contribution in [0.15, 0.2) is 54.6 Å². The highest BCUT2D eigenvalue weighted by Gasteiger charge is 2.04. The number of hydrogen-bond acceptors (Lipinski definition) is 4. The molecule has 0 heterocycles. The molecular weight excluding hydrogens is 286 g/mol. The van der Waals surface area contributed by atoms with Crippen LogP contribution in [0.5, 0.6) is 0 Å². The van der Waals surface area contributed by atoms with Gasteiger partial charge in [-0.1, -0.05) is 18.2 Å². The highest BCUT2D eigenvalue weighted by molar-refractivity contribution is 7.80. The van der Waals surface area contributed by atoms with E-state index in [0.29, 0.717) is 10.7 Å². The normalized spacial score (nSPS) is 9.57. The van der Waals surface area contributed by atoms with Crippen LogP contribution < -0.4 is 16.2 Å². The molecule has 0 unspecified atom stereocenters. The molecule has 108 valence electrons.